The molecule has 1 aromatic carbocycles. The molecule has 4 N–H and O–H groups in total. The summed E-state index contributed by atoms with van der Waals surface area (Å²) in [6, 6.07) is 4.41. The number of thiophene rings is 1. The van der Waals surface area contributed by atoms with Crippen molar-refractivity contribution in [2.45, 2.75) is 56.8 Å². The first-order valence-electron chi connectivity index (χ1n) is 10.8. The Balaban J connectivity index is 0.000000479. The Bertz CT molecular complexity index is 1250. The minimum absolute atomic E-state index is 0.103. The zero-order chi connectivity index (χ0) is 28.1. The monoisotopic (exact) mass is 584 g/mol. The third-order valence-electron chi connectivity index (χ3n) is 6.10. The predicted molar refractivity (Wildman–Crippen MR) is 130 cm³/mol. The summed E-state index contributed by atoms with van der Waals surface area (Å²) in [6.07, 6.45) is -4.59. The molecular weight excluding hydrogens is 563 g/mol. The summed E-state index contributed by atoms with van der Waals surface area (Å²) in [6.45, 7) is 6.04. The van der Waals surface area contributed by atoms with Crippen molar-refractivity contribution in [3.05, 3.63) is 49.9 Å². The van der Waals surface area contributed by atoms with Crippen molar-refractivity contribution in [1.82, 2.24) is 5.32 Å². The minimum atomic E-state index is -5.08. The van der Waals surface area contributed by atoms with Gasteiger partial charge in [-0.3, -0.25) is 14.9 Å². The third-order valence-corrected chi connectivity index (χ3v) is 7.80. The molecule has 4 unspecified atom stereocenters. The standard InChI is InChI=1S/C21H21Cl2FN2O3S.C2HF3O2/c1-20(2,3)8-12-21(17-11(25-19(21)29)7-13(23)30-17)14(16(26-12)18(27)28)9-5-4-6-10(22)15(9)24;3-2(4,5)1(6)7/h4-7,12,14,16,26H,8H2,1-3H3,(H,25,29)(H,27,28);(H,6,7). The van der Waals surface area contributed by atoms with Gasteiger partial charge in [0, 0.05) is 16.8 Å². The largest absolute Gasteiger partial charge is 0.490 e. The lowest BCUT2D eigenvalue weighted by Gasteiger charge is -2.36. The first-order chi connectivity index (χ1) is 16.9. The fourth-order valence-corrected chi connectivity index (χ4v) is 6.49. The van der Waals surface area contributed by atoms with E-state index < -0.39 is 47.3 Å². The second-order valence-electron chi connectivity index (χ2n) is 9.84. The average Bonchev–Trinajstić information content (AvgIpc) is 3.34. The number of hydrogen-bond acceptors (Lipinski definition) is 5. The van der Waals surface area contributed by atoms with Crippen LogP contribution in [0.2, 0.25) is 9.36 Å². The number of carboxylic acid groups (broad SMARTS) is 2. The summed E-state index contributed by atoms with van der Waals surface area (Å²) < 4.78 is 47.4. The average molecular weight is 585 g/mol. The van der Waals surface area contributed by atoms with E-state index in [4.69, 9.17) is 33.1 Å². The minimum Gasteiger partial charge on any atom is -0.480 e. The summed E-state index contributed by atoms with van der Waals surface area (Å²) in [4.78, 5) is 35.3. The number of benzene rings is 1. The Kier molecular flexibility index (Phi) is 7.92. The lowest BCUT2D eigenvalue weighted by molar-refractivity contribution is -0.192. The molecule has 1 amide bonds. The highest BCUT2D eigenvalue weighted by Gasteiger charge is 2.67. The SMILES string of the molecule is CC(C)(C)CC1NC(C(=O)O)C(c2cccc(Cl)c2F)C12C(=O)Nc1cc(Cl)sc12.O=C(O)C(F)(F)F. The molecule has 0 radical (unpaired) electrons. The van der Waals surface area contributed by atoms with Gasteiger partial charge in [0.1, 0.15) is 17.3 Å². The maximum atomic E-state index is 15.2. The Morgan fingerprint density at radius 1 is 1.16 bits per heavy atom. The number of amides is 1. The Labute approximate surface area is 222 Å². The Morgan fingerprint density at radius 2 is 1.76 bits per heavy atom. The number of carbonyl (C=O) groups is 3. The zero-order valence-corrected chi connectivity index (χ0v) is 21.9. The molecule has 1 fully saturated rings. The van der Waals surface area contributed by atoms with Gasteiger partial charge in [0.2, 0.25) is 5.91 Å². The summed E-state index contributed by atoms with van der Waals surface area (Å²) in [5.74, 6) is -5.98. The van der Waals surface area contributed by atoms with Crippen molar-refractivity contribution in [1.29, 1.82) is 0 Å². The molecule has 2 aliphatic heterocycles. The van der Waals surface area contributed by atoms with Crippen molar-refractivity contribution in [3.63, 3.8) is 0 Å². The van der Waals surface area contributed by atoms with Crippen LogP contribution >= 0.6 is 34.5 Å². The van der Waals surface area contributed by atoms with Crippen molar-refractivity contribution in [2.24, 2.45) is 5.41 Å². The van der Waals surface area contributed by atoms with Crippen LogP contribution in [0.5, 0.6) is 0 Å². The second-order valence-corrected chi connectivity index (χ2v) is 11.9. The fourth-order valence-electron chi connectivity index (χ4n) is 4.84. The molecule has 4 rings (SSSR count). The molecule has 7 nitrogen and oxygen atoms in total. The highest BCUT2D eigenvalue weighted by molar-refractivity contribution is 7.17. The molecule has 1 spiro atoms. The van der Waals surface area contributed by atoms with Crippen LogP contribution < -0.4 is 10.6 Å². The predicted octanol–water partition coefficient (Wildman–Crippen LogP) is 5.66. The zero-order valence-electron chi connectivity index (χ0n) is 19.5. The van der Waals surface area contributed by atoms with Gasteiger partial charge in [-0.25, -0.2) is 9.18 Å². The van der Waals surface area contributed by atoms with Crippen molar-refractivity contribution in [2.75, 3.05) is 5.32 Å². The van der Waals surface area contributed by atoms with Crippen LogP contribution in [0.1, 0.15) is 43.6 Å². The van der Waals surface area contributed by atoms with Crippen LogP contribution in [0.4, 0.5) is 23.2 Å². The summed E-state index contributed by atoms with van der Waals surface area (Å²) >= 11 is 13.5. The van der Waals surface area contributed by atoms with E-state index in [1.807, 2.05) is 20.8 Å². The number of nitrogens with one attached hydrogen (secondary N) is 2. The quantitative estimate of drug-likeness (QED) is 0.346. The van der Waals surface area contributed by atoms with E-state index in [1.165, 1.54) is 23.5 Å². The molecule has 1 saturated heterocycles. The van der Waals surface area contributed by atoms with E-state index in [2.05, 4.69) is 10.6 Å². The maximum absolute atomic E-state index is 15.2. The van der Waals surface area contributed by atoms with E-state index in [-0.39, 0.29) is 21.9 Å². The van der Waals surface area contributed by atoms with E-state index in [0.29, 0.717) is 21.3 Å². The van der Waals surface area contributed by atoms with Crippen LogP contribution in [-0.2, 0) is 19.8 Å². The number of hydrogen-bond donors (Lipinski definition) is 4. The first-order valence-corrected chi connectivity index (χ1v) is 12.3. The lowest BCUT2D eigenvalue weighted by atomic mass is 9.65. The van der Waals surface area contributed by atoms with Gasteiger partial charge in [-0.1, -0.05) is 56.1 Å². The van der Waals surface area contributed by atoms with Gasteiger partial charge in [0.15, 0.2) is 0 Å². The number of carboxylic acids is 2. The number of fused-ring (bicyclic) bond motifs is 2. The molecule has 2 aromatic rings. The molecular formula is C23H22Cl2F4N2O5S. The maximum Gasteiger partial charge on any atom is 0.490 e. The molecule has 1 aromatic heterocycles. The first kappa shape index (κ1) is 29.2. The van der Waals surface area contributed by atoms with E-state index in [1.54, 1.807) is 12.1 Å². The van der Waals surface area contributed by atoms with Crippen LogP contribution in [-0.4, -0.2) is 46.3 Å². The highest BCUT2D eigenvalue weighted by atomic mass is 35.5. The van der Waals surface area contributed by atoms with Gasteiger partial charge in [-0.2, -0.15) is 13.2 Å². The van der Waals surface area contributed by atoms with E-state index in [9.17, 15) is 27.9 Å². The summed E-state index contributed by atoms with van der Waals surface area (Å²) in [5.41, 5.74) is -0.894. The Hall–Kier alpha value is -2.41. The second kappa shape index (κ2) is 10.0. The van der Waals surface area contributed by atoms with Crippen molar-refractivity contribution >= 4 is 58.1 Å². The van der Waals surface area contributed by atoms with E-state index in [0.717, 1.165) is 0 Å². The van der Waals surface area contributed by atoms with Gasteiger partial charge in [-0.15, -0.1) is 11.3 Å². The topological polar surface area (TPSA) is 116 Å². The fraction of sp³-hybridized carbons (Fsp3) is 0.435. The third kappa shape index (κ3) is 5.43. The molecule has 14 heteroatoms. The number of alkyl halides is 3. The highest BCUT2D eigenvalue weighted by Crippen LogP contribution is 2.59. The van der Waals surface area contributed by atoms with Crippen molar-refractivity contribution < 1.29 is 42.2 Å². The van der Waals surface area contributed by atoms with Gasteiger partial charge >= 0.3 is 18.1 Å². The van der Waals surface area contributed by atoms with Crippen molar-refractivity contribution in [3.8, 4) is 0 Å². The number of halogens is 6. The Morgan fingerprint density at radius 3 is 2.27 bits per heavy atom. The molecule has 2 aliphatic rings. The molecule has 202 valence electrons. The van der Waals surface area contributed by atoms with Crippen LogP contribution in [0.3, 0.4) is 0 Å². The van der Waals surface area contributed by atoms with Gasteiger partial charge in [0.05, 0.1) is 15.0 Å². The molecule has 0 aliphatic carbocycles. The van der Waals surface area contributed by atoms with Gasteiger partial charge in [0.25, 0.3) is 0 Å². The molecule has 37 heavy (non-hydrogen) atoms. The number of carbonyl (C=O) groups excluding carboxylic acids is 1. The van der Waals surface area contributed by atoms with Gasteiger partial charge in [-0.05, 0) is 29.5 Å². The van der Waals surface area contributed by atoms with Crippen LogP contribution in [0, 0.1) is 11.2 Å². The number of anilines is 1. The normalized spacial score (nSPS) is 24.9. The smallest absolute Gasteiger partial charge is 0.480 e. The summed E-state index contributed by atoms with van der Waals surface area (Å²) in [7, 11) is 0. The molecule has 0 bridgehead atoms. The molecule has 0 saturated carbocycles. The summed E-state index contributed by atoms with van der Waals surface area (Å²) in [5, 5.41) is 23.0. The lowest BCUT2D eigenvalue weighted by Crippen LogP contribution is -2.49. The van der Waals surface area contributed by atoms with Crippen LogP contribution in [0.25, 0.3) is 0 Å². The van der Waals surface area contributed by atoms with E-state index >= 15 is 4.39 Å². The van der Waals surface area contributed by atoms with Crippen LogP contribution in [0.15, 0.2) is 24.3 Å². The molecule has 3 heterocycles. The number of aliphatic carboxylic acids is 2. The molecule has 4 atom stereocenters. The van der Waals surface area contributed by atoms with Gasteiger partial charge < -0.3 is 15.5 Å². The number of rotatable bonds is 3.